The van der Waals surface area contributed by atoms with E-state index in [0.29, 0.717) is 5.69 Å². The Labute approximate surface area is 131 Å². The van der Waals surface area contributed by atoms with E-state index in [1.807, 2.05) is 42.5 Å². The van der Waals surface area contributed by atoms with Crippen molar-refractivity contribution in [2.45, 2.75) is 0 Å². The summed E-state index contributed by atoms with van der Waals surface area (Å²) in [6.45, 7) is 0. The van der Waals surface area contributed by atoms with E-state index in [-0.39, 0.29) is 11.5 Å². The Bertz CT molecular complexity index is 841. The SMILES string of the molecule is O=C(Nc1ccc(-c2ccccc2)cc1)c1cc([N+](=O)[O-])[nH]n1. The van der Waals surface area contributed by atoms with Gasteiger partial charge < -0.3 is 15.4 Å². The maximum Gasteiger partial charge on any atom is 0.343 e. The average Bonchev–Trinajstić information content (AvgIpc) is 3.07. The second-order valence-electron chi connectivity index (χ2n) is 4.79. The maximum atomic E-state index is 12.0. The first-order valence-electron chi connectivity index (χ1n) is 6.80. The first-order valence-corrected chi connectivity index (χ1v) is 6.80. The first-order chi connectivity index (χ1) is 11.1. The number of anilines is 1. The summed E-state index contributed by atoms with van der Waals surface area (Å²) in [7, 11) is 0. The van der Waals surface area contributed by atoms with Gasteiger partial charge in [0.2, 0.25) is 0 Å². The van der Waals surface area contributed by atoms with Crippen molar-refractivity contribution in [2.75, 3.05) is 5.32 Å². The number of aromatic amines is 1. The molecule has 0 atom stereocenters. The zero-order valence-corrected chi connectivity index (χ0v) is 11.9. The van der Waals surface area contributed by atoms with Crippen molar-refractivity contribution in [3.63, 3.8) is 0 Å². The molecule has 1 heterocycles. The van der Waals surface area contributed by atoms with Gasteiger partial charge in [-0.15, -0.1) is 5.10 Å². The van der Waals surface area contributed by atoms with Crippen LogP contribution in [0.5, 0.6) is 0 Å². The highest BCUT2D eigenvalue weighted by Crippen LogP contribution is 2.21. The van der Waals surface area contributed by atoms with Crippen LogP contribution in [0.25, 0.3) is 11.1 Å². The smallest absolute Gasteiger partial charge is 0.343 e. The molecule has 0 spiro atoms. The predicted molar refractivity (Wildman–Crippen MR) is 85.1 cm³/mol. The largest absolute Gasteiger partial charge is 0.358 e. The number of nitrogens with one attached hydrogen (secondary N) is 2. The summed E-state index contributed by atoms with van der Waals surface area (Å²) < 4.78 is 0. The molecule has 3 rings (SSSR count). The Hall–Kier alpha value is -3.48. The number of H-pyrrole nitrogens is 1. The fraction of sp³-hybridized carbons (Fsp3) is 0. The number of rotatable bonds is 4. The summed E-state index contributed by atoms with van der Waals surface area (Å²) in [5.74, 6) is -0.837. The minimum atomic E-state index is -0.640. The van der Waals surface area contributed by atoms with E-state index in [4.69, 9.17) is 0 Å². The Morgan fingerprint density at radius 3 is 2.30 bits per heavy atom. The topological polar surface area (TPSA) is 101 Å². The van der Waals surface area contributed by atoms with Gasteiger partial charge in [0.05, 0.1) is 6.07 Å². The van der Waals surface area contributed by atoms with Crippen molar-refractivity contribution in [1.82, 2.24) is 10.2 Å². The lowest BCUT2D eigenvalue weighted by atomic mass is 10.1. The number of hydrogen-bond donors (Lipinski definition) is 2. The van der Waals surface area contributed by atoms with E-state index in [1.54, 1.807) is 12.1 Å². The Kier molecular flexibility index (Phi) is 3.84. The summed E-state index contributed by atoms with van der Waals surface area (Å²) in [5, 5.41) is 19.0. The molecule has 1 aromatic heterocycles. The van der Waals surface area contributed by atoms with Crippen LogP contribution in [0.1, 0.15) is 10.5 Å². The molecule has 7 heteroatoms. The first kappa shape index (κ1) is 14.5. The van der Waals surface area contributed by atoms with E-state index in [2.05, 4.69) is 15.5 Å². The Balaban J connectivity index is 1.72. The number of carbonyl (C=O) groups is 1. The van der Waals surface area contributed by atoms with Crippen molar-refractivity contribution in [3.8, 4) is 11.1 Å². The molecule has 2 aromatic carbocycles. The van der Waals surface area contributed by atoms with E-state index in [0.717, 1.165) is 17.2 Å². The second kappa shape index (κ2) is 6.10. The molecule has 114 valence electrons. The van der Waals surface area contributed by atoms with Crippen molar-refractivity contribution in [3.05, 3.63) is 76.5 Å². The normalized spacial score (nSPS) is 10.3. The summed E-state index contributed by atoms with van der Waals surface area (Å²) in [6.07, 6.45) is 0. The van der Waals surface area contributed by atoms with Gasteiger partial charge in [-0.1, -0.05) is 47.6 Å². The van der Waals surface area contributed by atoms with Gasteiger partial charge in [-0.25, -0.2) is 0 Å². The van der Waals surface area contributed by atoms with E-state index in [9.17, 15) is 14.9 Å². The molecule has 23 heavy (non-hydrogen) atoms. The van der Waals surface area contributed by atoms with Crippen LogP contribution >= 0.6 is 0 Å². The van der Waals surface area contributed by atoms with E-state index < -0.39 is 10.8 Å². The molecule has 7 nitrogen and oxygen atoms in total. The molecule has 0 bridgehead atoms. The Morgan fingerprint density at radius 2 is 1.70 bits per heavy atom. The van der Waals surface area contributed by atoms with Crippen molar-refractivity contribution >= 4 is 17.4 Å². The molecule has 0 unspecified atom stereocenters. The summed E-state index contributed by atoms with van der Waals surface area (Å²) in [5.41, 5.74) is 2.65. The Morgan fingerprint density at radius 1 is 1.04 bits per heavy atom. The van der Waals surface area contributed by atoms with Crippen LogP contribution in [0, 0.1) is 10.1 Å². The van der Waals surface area contributed by atoms with E-state index in [1.165, 1.54) is 0 Å². The zero-order chi connectivity index (χ0) is 16.2. The number of amides is 1. The molecular weight excluding hydrogens is 296 g/mol. The molecule has 3 aromatic rings. The highest BCUT2D eigenvalue weighted by atomic mass is 16.6. The third kappa shape index (κ3) is 3.24. The predicted octanol–water partition coefficient (Wildman–Crippen LogP) is 3.24. The third-order valence-electron chi connectivity index (χ3n) is 3.24. The molecule has 0 aliphatic rings. The minimum Gasteiger partial charge on any atom is -0.358 e. The molecule has 2 N–H and O–H groups in total. The molecular formula is C16H12N4O3. The number of aromatic nitrogens is 2. The highest BCUT2D eigenvalue weighted by Gasteiger charge is 2.16. The molecule has 0 radical (unpaired) electrons. The van der Waals surface area contributed by atoms with Crippen LogP contribution < -0.4 is 5.32 Å². The monoisotopic (exact) mass is 308 g/mol. The lowest BCUT2D eigenvalue weighted by molar-refractivity contribution is -0.389. The summed E-state index contributed by atoms with van der Waals surface area (Å²) in [6, 6.07) is 18.2. The van der Waals surface area contributed by atoms with Gasteiger partial charge in [-0.2, -0.15) is 0 Å². The lowest BCUT2D eigenvalue weighted by Crippen LogP contribution is -2.12. The van der Waals surface area contributed by atoms with Gasteiger partial charge >= 0.3 is 5.82 Å². The molecule has 0 aliphatic carbocycles. The van der Waals surface area contributed by atoms with Crippen molar-refractivity contribution < 1.29 is 9.72 Å². The minimum absolute atomic E-state index is 0.0381. The standard InChI is InChI=1S/C16H12N4O3/c21-16(14-10-15(19-18-14)20(22)23)17-13-8-6-12(7-9-13)11-4-2-1-3-5-11/h1-10H,(H,17,21)(H,18,19). The molecule has 0 saturated heterocycles. The van der Waals surface area contributed by atoms with Gasteiger partial charge in [0.25, 0.3) is 5.91 Å². The second-order valence-corrected chi connectivity index (χ2v) is 4.79. The average molecular weight is 308 g/mol. The van der Waals surface area contributed by atoms with Crippen LogP contribution in [-0.2, 0) is 0 Å². The zero-order valence-electron chi connectivity index (χ0n) is 11.9. The van der Waals surface area contributed by atoms with Crippen LogP contribution in [0.4, 0.5) is 11.5 Å². The van der Waals surface area contributed by atoms with Crippen molar-refractivity contribution in [2.24, 2.45) is 0 Å². The molecule has 0 aliphatic heterocycles. The van der Waals surface area contributed by atoms with Crippen LogP contribution in [0.3, 0.4) is 0 Å². The summed E-state index contributed by atoms with van der Waals surface area (Å²) >= 11 is 0. The number of nitro groups is 1. The van der Waals surface area contributed by atoms with Gasteiger partial charge in [0.1, 0.15) is 0 Å². The molecule has 1 amide bonds. The maximum absolute atomic E-state index is 12.0. The van der Waals surface area contributed by atoms with Crippen LogP contribution in [-0.4, -0.2) is 21.0 Å². The number of hydrogen-bond acceptors (Lipinski definition) is 4. The fourth-order valence-electron chi connectivity index (χ4n) is 2.09. The van der Waals surface area contributed by atoms with Crippen molar-refractivity contribution in [1.29, 1.82) is 0 Å². The van der Waals surface area contributed by atoms with Gasteiger partial charge in [-0.3, -0.25) is 4.79 Å². The third-order valence-corrected chi connectivity index (χ3v) is 3.24. The van der Waals surface area contributed by atoms with E-state index >= 15 is 0 Å². The molecule has 0 fully saturated rings. The van der Waals surface area contributed by atoms with Gasteiger partial charge in [0.15, 0.2) is 5.69 Å². The highest BCUT2D eigenvalue weighted by molar-refractivity contribution is 6.03. The van der Waals surface area contributed by atoms with Crippen LogP contribution in [0.2, 0.25) is 0 Å². The summed E-state index contributed by atoms with van der Waals surface area (Å²) in [4.78, 5) is 21.9. The van der Waals surface area contributed by atoms with Gasteiger partial charge in [0, 0.05) is 5.69 Å². The number of nitrogens with zero attached hydrogens (tertiary/aromatic N) is 2. The number of benzene rings is 2. The fourth-order valence-corrected chi connectivity index (χ4v) is 2.09. The number of carbonyl (C=O) groups excluding carboxylic acids is 1. The van der Waals surface area contributed by atoms with Crippen LogP contribution in [0.15, 0.2) is 60.7 Å². The van der Waals surface area contributed by atoms with Gasteiger partial charge in [-0.05, 0) is 28.2 Å². The quantitative estimate of drug-likeness (QED) is 0.570. The molecule has 0 saturated carbocycles. The lowest BCUT2D eigenvalue weighted by Gasteiger charge is -2.05.